The summed E-state index contributed by atoms with van der Waals surface area (Å²) in [7, 11) is 1.99. The van der Waals surface area contributed by atoms with E-state index in [2.05, 4.69) is 33.9 Å². The van der Waals surface area contributed by atoms with Crippen LogP contribution in [0.5, 0.6) is 5.75 Å². The van der Waals surface area contributed by atoms with E-state index in [1.165, 1.54) is 0 Å². The Kier molecular flexibility index (Phi) is 3.50. The summed E-state index contributed by atoms with van der Waals surface area (Å²) in [5, 5.41) is 0. The Hall–Kier alpha value is -1.07. The van der Waals surface area contributed by atoms with E-state index < -0.39 is 0 Å². The molecule has 1 heterocycles. The Morgan fingerprint density at radius 3 is 2.80 bits per heavy atom. The van der Waals surface area contributed by atoms with Gasteiger partial charge in [0.15, 0.2) is 0 Å². The van der Waals surface area contributed by atoms with E-state index in [1.807, 2.05) is 24.0 Å². The smallest absolute Gasteiger partial charge is 0.123 e. The number of benzene rings is 1. The van der Waals surface area contributed by atoms with Crippen molar-refractivity contribution in [3.05, 3.63) is 22.9 Å². The summed E-state index contributed by atoms with van der Waals surface area (Å²) in [6, 6.07) is 4.06. The Balaban J connectivity index is 1.79. The van der Waals surface area contributed by atoms with Crippen LogP contribution in [0.25, 0.3) is 11.0 Å². The van der Waals surface area contributed by atoms with Crippen LogP contribution in [0.4, 0.5) is 0 Å². The van der Waals surface area contributed by atoms with Crippen molar-refractivity contribution in [3.63, 3.8) is 0 Å². The lowest BCUT2D eigenvalue weighted by Gasteiger charge is -2.34. The summed E-state index contributed by atoms with van der Waals surface area (Å²) in [4.78, 5) is 4.37. The topological polar surface area (TPSA) is 53.1 Å². The molecule has 1 saturated carbocycles. The Morgan fingerprint density at radius 2 is 2.10 bits per heavy atom. The Labute approximate surface area is 127 Å². The summed E-state index contributed by atoms with van der Waals surface area (Å²) in [5.41, 5.74) is 8.19. The van der Waals surface area contributed by atoms with Crippen LogP contribution in [-0.4, -0.2) is 21.2 Å². The third-order valence-corrected chi connectivity index (χ3v) is 4.74. The third-order valence-electron chi connectivity index (χ3n) is 4.13. The van der Waals surface area contributed by atoms with Gasteiger partial charge in [-0.25, -0.2) is 4.98 Å². The second-order valence-corrected chi connectivity index (χ2v) is 6.95. The number of hydrogen-bond acceptors (Lipinski definition) is 3. The molecule has 1 aliphatic rings. The first-order valence-electron chi connectivity index (χ1n) is 7.01. The quantitative estimate of drug-likeness (QED) is 0.913. The summed E-state index contributed by atoms with van der Waals surface area (Å²) >= 11 is 3.57. The van der Waals surface area contributed by atoms with Gasteiger partial charge in [-0.15, -0.1) is 0 Å². The van der Waals surface area contributed by atoms with E-state index in [9.17, 15) is 0 Å². The van der Waals surface area contributed by atoms with E-state index >= 15 is 0 Å². The molecule has 2 aromatic rings. The lowest BCUT2D eigenvalue weighted by molar-refractivity contribution is 0.124. The molecule has 1 aromatic carbocycles. The van der Waals surface area contributed by atoms with Gasteiger partial charge in [-0.2, -0.15) is 0 Å². The van der Waals surface area contributed by atoms with Crippen LogP contribution in [0.2, 0.25) is 0 Å². The largest absolute Gasteiger partial charge is 0.490 e. The second-order valence-electron chi connectivity index (χ2n) is 6.10. The summed E-state index contributed by atoms with van der Waals surface area (Å²) < 4.78 is 9.12. The number of halogens is 1. The van der Waals surface area contributed by atoms with Crippen molar-refractivity contribution in [2.24, 2.45) is 12.8 Å². The molecule has 20 heavy (non-hydrogen) atoms. The highest BCUT2D eigenvalue weighted by Gasteiger charge is 2.28. The van der Waals surface area contributed by atoms with Crippen molar-refractivity contribution in [2.75, 3.05) is 0 Å². The molecule has 0 saturated heterocycles. The first-order valence-corrected chi connectivity index (χ1v) is 7.80. The van der Waals surface area contributed by atoms with Crippen molar-refractivity contribution >= 4 is 27.0 Å². The van der Waals surface area contributed by atoms with Crippen molar-refractivity contribution < 1.29 is 4.74 Å². The molecule has 0 amide bonds. The van der Waals surface area contributed by atoms with E-state index in [0.717, 1.165) is 46.9 Å². The van der Waals surface area contributed by atoms with Gasteiger partial charge in [0.2, 0.25) is 0 Å². The van der Waals surface area contributed by atoms with Crippen molar-refractivity contribution in [3.8, 4) is 5.75 Å². The first kappa shape index (κ1) is 13.9. The number of rotatable bonds is 2. The van der Waals surface area contributed by atoms with Gasteiger partial charge in [0.05, 0.1) is 17.9 Å². The van der Waals surface area contributed by atoms with Gasteiger partial charge in [0.1, 0.15) is 11.3 Å². The van der Waals surface area contributed by atoms with E-state index in [-0.39, 0.29) is 11.6 Å². The van der Waals surface area contributed by atoms with Crippen LogP contribution in [0.3, 0.4) is 0 Å². The number of imidazole rings is 1. The van der Waals surface area contributed by atoms with E-state index in [1.54, 1.807) is 0 Å². The fraction of sp³-hybridized carbons (Fsp3) is 0.533. The number of hydrogen-bond donors (Lipinski definition) is 1. The van der Waals surface area contributed by atoms with Gasteiger partial charge in [-0.05, 0) is 54.6 Å². The molecule has 108 valence electrons. The number of aryl methyl sites for hydroxylation is 1. The lowest BCUT2D eigenvalue weighted by Crippen LogP contribution is -2.42. The highest BCUT2D eigenvalue weighted by molar-refractivity contribution is 9.10. The van der Waals surface area contributed by atoms with Crippen LogP contribution >= 0.6 is 15.9 Å². The maximum atomic E-state index is 6.16. The zero-order chi connectivity index (χ0) is 14.3. The van der Waals surface area contributed by atoms with Gasteiger partial charge < -0.3 is 15.0 Å². The summed E-state index contributed by atoms with van der Waals surface area (Å²) in [5.74, 6) is 0.901. The van der Waals surface area contributed by atoms with Crippen LogP contribution in [0.15, 0.2) is 22.9 Å². The maximum absolute atomic E-state index is 6.16. The number of nitrogens with zero attached hydrogens (tertiary/aromatic N) is 2. The zero-order valence-electron chi connectivity index (χ0n) is 11.9. The molecule has 3 rings (SSSR count). The number of fused-ring (bicyclic) bond motifs is 1. The van der Waals surface area contributed by atoms with Gasteiger partial charge in [-0.3, -0.25) is 0 Å². The van der Waals surface area contributed by atoms with Gasteiger partial charge in [0.25, 0.3) is 0 Å². The average molecular weight is 338 g/mol. The van der Waals surface area contributed by atoms with Gasteiger partial charge in [0, 0.05) is 23.1 Å². The third kappa shape index (κ3) is 2.69. The normalized spacial score (nSPS) is 26.9. The molecule has 1 aromatic heterocycles. The highest BCUT2D eigenvalue weighted by atomic mass is 79.9. The molecule has 0 aliphatic heterocycles. The molecule has 0 bridgehead atoms. The molecule has 0 spiro atoms. The fourth-order valence-corrected chi connectivity index (χ4v) is 3.32. The Morgan fingerprint density at radius 1 is 1.40 bits per heavy atom. The molecular formula is C15H20BrN3O. The minimum Gasteiger partial charge on any atom is -0.490 e. The highest BCUT2D eigenvalue weighted by Crippen LogP contribution is 2.32. The SMILES string of the molecule is Cn1cnc2c(Br)cc(OC3CCC(C)(N)CC3)cc21. The standard InChI is InChI=1S/C15H20BrN3O/c1-15(17)5-3-10(4-6-15)20-11-7-12(16)14-13(8-11)19(2)9-18-14/h7-10H,3-6,17H2,1-2H3. The maximum Gasteiger partial charge on any atom is 0.123 e. The van der Waals surface area contributed by atoms with Crippen LogP contribution in [0, 0.1) is 0 Å². The molecule has 0 atom stereocenters. The molecule has 0 radical (unpaired) electrons. The van der Waals surface area contributed by atoms with Crippen LogP contribution < -0.4 is 10.5 Å². The second kappa shape index (κ2) is 5.04. The van der Waals surface area contributed by atoms with Crippen LogP contribution in [-0.2, 0) is 7.05 Å². The fourth-order valence-electron chi connectivity index (χ4n) is 2.79. The van der Waals surface area contributed by atoms with Crippen molar-refractivity contribution in [1.29, 1.82) is 0 Å². The molecule has 0 unspecified atom stereocenters. The number of nitrogens with two attached hydrogens (primary N) is 1. The predicted octanol–water partition coefficient (Wildman–Crippen LogP) is 3.37. The molecule has 2 N–H and O–H groups in total. The number of aromatic nitrogens is 2. The monoisotopic (exact) mass is 337 g/mol. The summed E-state index contributed by atoms with van der Waals surface area (Å²) in [6.07, 6.45) is 6.17. The van der Waals surface area contributed by atoms with Crippen molar-refractivity contribution in [2.45, 2.75) is 44.2 Å². The zero-order valence-corrected chi connectivity index (χ0v) is 13.5. The lowest BCUT2D eigenvalue weighted by atomic mass is 9.83. The molecule has 1 aliphatic carbocycles. The first-order chi connectivity index (χ1) is 9.44. The van der Waals surface area contributed by atoms with Crippen LogP contribution in [0.1, 0.15) is 32.6 Å². The Bertz CT molecular complexity index is 625. The minimum absolute atomic E-state index is 0.0214. The molecular weight excluding hydrogens is 318 g/mol. The van der Waals surface area contributed by atoms with Gasteiger partial charge >= 0.3 is 0 Å². The van der Waals surface area contributed by atoms with Crippen molar-refractivity contribution in [1.82, 2.24) is 9.55 Å². The predicted molar refractivity (Wildman–Crippen MR) is 83.9 cm³/mol. The molecule has 1 fully saturated rings. The average Bonchev–Trinajstić information content (AvgIpc) is 2.75. The number of ether oxygens (including phenoxy) is 1. The molecule has 5 heteroatoms. The molecule has 4 nitrogen and oxygen atoms in total. The summed E-state index contributed by atoms with van der Waals surface area (Å²) in [6.45, 7) is 2.13. The van der Waals surface area contributed by atoms with E-state index in [4.69, 9.17) is 10.5 Å². The van der Waals surface area contributed by atoms with E-state index in [0.29, 0.717) is 0 Å². The van der Waals surface area contributed by atoms with Gasteiger partial charge in [-0.1, -0.05) is 0 Å². The minimum atomic E-state index is -0.0214.